The number of aryl methyl sites for hydroxylation is 1. The van der Waals surface area contributed by atoms with E-state index in [0.717, 1.165) is 67.0 Å². The Balaban J connectivity index is 1.20. The number of imide groups is 1. The Kier molecular flexibility index (Phi) is 13.0. The number of carbonyl (C=O) groups excluding carboxylic acids is 3. The highest BCUT2D eigenvalue weighted by Crippen LogP contribution is 2.24. The minimum absolute atomic E-state index is 0.0239. The van der Waals surface area contributed by atoms with Gasteiger partial charge in [0.2, 0.25) is 0 Å². The lowest BCUT2D eigenvalue weighted by atomic mass is 10.1. The summed E-state index contributed by atoms with van der Waals surface area (Å²) in [5, 5.41) is 33.2. The van der Waals surface area contributed by atoms with Gasteiger partial charge in [-0.25, -0.2) is 9.69 Å². The second-order valence-corrected chi connectivity index (χ2v) is 10.1. The van der Waals surface area contributed by atoms with Crippen LogP contribution in [-0.4, -0.2) is 71.1 Å². The van der Waals surface area contributed by atoms with Crippen LogP contribution in [0.3, 0.4) is 0 Å². The number of hydrogen-bond acceptors (Lipinski definition) is 9. The third kappa shape index (κ3) is 10.1. The van der Waals surface area contributed by atoms with Crippen LogP contribution in [-0.2, 0) is 32.2 Å². The number of carbonyl (C=O) groups is 3. The second-order valence-electron chi connectivity index (χ2n) is 10.1. The molecule has 0 spiro atoms. The summed E-state index contributed by atoms with van der Waals surface area (Å²) in [6.45, 7) is 3.21. The fourth-order valence-corrected chi connectivity index (χ4v) is 4.55. The number of unbranched alkanes of at least 4 members (excludes halogenated alkanes) is 4. The molecule has 11 heteroatoms. The molecule has 4 N–H and O–H groups in total. The van der Waals surface area contributed by atoms with Crippen molar-refractivity contribution in [3.05, 3.63) is 59.2 Å². The van der Waals surface area contributed by atoms with Gasteiger partial charge >= 0.3 is 12.0 Å². The fourth-order valence-electron chi connectivity index (χ4n) is 4.55. The van der Waals surface area contributed by atoms with Gasteiger partial charge < -0.3 is 30.2 Å². The maximum Gasteiger partial charge on any atom is 0.365 e. The number of aromatic hydroxyl groups is 1. The summed E-state index contributed by atoms with van der Waals surface area (Å²) in [5.41, 5.74) is 2.53. The Hall–Kier alpha value is -3.51. The maximum atomic E-state index is 12.4. The van der Waals surface area contributed by atoms with E-state index in [4.69, 9.17) is 9.57 Å². The molecule has 2 aromatic carbocycles. The Labute approximate surface area is 240 Å². The smallest absolute Gasteiger partial charge is 0.365 e. The topological polar surface area (TPSA) is 149 Å². The molecule has 1 fully saturated rings. The first-order chi connectivity index (χ1) is 19.8. The molecule has 1 heterocycles. The van der Waals surface area contributed by atoms with Gasteiger partial charge in [0.25, 0.3) is 5.91 Å². The number of phenols is 1. The molecule has 0 radical (unpaired) electrons. The van der Waals surface area contributed by atoms with E-state index in [-0.39, 0.29) is 18.9 Å². The monoisotopic (exact) mass is 571 g/mol. The zero-order valence-corrected chi connectivity index (χ0v) is 23.6. The van der Waals surface area contributed by atoms with Crippen LogP contribution in [0.15, 0.2) is 42.5 Å². The molecule has 0 aromatic heterocycles. The zero-order chi connectivity index (χ0) is 29.6. The van der Waals surface area contributed by atoms with E-state index in [1.807, 2.05) is 12.1 Å². The number of nitrogens with one attached hydrogen (secondary N) is 1. The highest BCUT2D eigenvalue weighted by Gasteiger charge is 2.39. The average Bonchev–Trinajstić information content (AvgIpc) is 3.22. The summed E-state index contributed by atoms with van der Waals surface area (Å²) in [5.74, 6) is -1.08. The predicted octanol–water partition coefficient (Wildman–Crippen LogP) is 3.35. The quantitative estimate of drug-likeness (QED) is 0.156. The van der Waals surface area contributed by atoms with Gasteiger partial charge in [0.15, 0.2) is 0 Å². The van der Waals surface area contributed by atoms with Crippen molar-refractivity contribution in [1.29, 1.82) is 0 Å². The summed E-state index contributed by atoms with van der Waals surface area (Å²) in [6, 6.07) is 11.3. The molecule has 41 heavy (non-hydrogen) atoms. The van der Waals surface area contributed by atoms with Gasteiger partial charge in [-0.05, 0) is 74.0 Å². The van der Waals surface area contributed by atoms with Gasteiger partial charge in [-0.2, -0.15) is 0 Å². The van der Waals surface area contributed by atoms with E-state index >= 15 is 0 Å². The highest BCUT2D eigenvalue weighted by atomic mass is 16.7. The van der Waals surface area contributed by atoms with Crippen LogP contribution in [0.2, 0.25) is 0 Å². The van der Waals surface area contributed by atoms with Crippen LogP contribution in [0.25, 0.3) is 0 Å². The first kappa shape index (κ1) is 32.0. The van der Waals surface area contributed by atoms with Gasteiger partial charge in [-0.1, -0.05) is 31.0 Å². The Morgan fingerprint density at radius 2 is 1.78 bits per heavy atom. The number of hydroxylamine groups is 2. The molecule has 224 valence electrons. The number of ether oxygens (including phenoxy) is 1. The number of aliphatic hydroxyl groups excluding tert-OH is 2. The van der Waals surface area contributed by atoms with Crippen molar-refractivity contribution in [1.82, 2.24) is 10.4 Å². The molecule has 0 unspecified atom stereocenters. The second kappa shape index (κ2) is 16.7. The van der Waals surface area contributed by atoms with Crippen LogP contribution >= 0.6 is 0 Å². The largest absolute Gasteiger partial charge is 0.508 e. The fraction of sp³-hybridized carbons (Fsp3) is 0.500. The predicted molar refractivity (Wildman–Crippen MR) is 152 cm³/mol. The van der Waals surface area contributed by atoms with Crippen molar-refractivity contribution in [2.45, 2.75) is 64.6 Å². The van der Waals surface area contributed by atoms with Crippen molar-refractivity contribution in [2.24, 2.45) is 0 Å². The van der Waals surface area contributed by atoms with Crippen LogP contribution < -0.4 is 10.2 Å². The van der Waals surface area contributed by atoms with Gasteiger partial charge in [-0.3, -0.25) is 9.59 Å². The Morgan fingerprint density at radius 3 is 2.54 bits per heavy atom. The SMILES string of the molecule is CC(=O)ON1CC(=O)N(c2cccc(CCCCOCCCCCCNC[C@H](O)c3ccc(O)c(CO)c3)c2)C1=O. The van der Waals surface area contributed by atoms with Crippen LogP contribution in [0.1, 0.15) is 68.2 Å². The van der Waals surface area contributed by atoms with E-state index in [2.05, 4.69) is 5.32 Å². The third-order valence-corrected chi connectivity index (χ3v) is 6.73. The van der Waals surface area contributed by atoms with Gasteiger partial charge in [0.1, 0.15) is 12.3 Å². The summed E-state index contributed by atoms with van der Waals surface area (Å²) < 4.78 is 5.75. The van der Waals surface area contributed by atoms with Crippen LogP contribution in [0.4, 0.5) is 10.5 Å². The molecule has 3 amide bonds. The number of urea groups is 1. The van der Waals surface area contributed by atoms with Gasteiger partial charge in [0.05, 0.1) is 18.4 Å². The Morgan fingerprint density at radius 1 is 1.02 bits per heavy atom. The molecule has 3 rings (SSSR count). The molecule has 1 aliphatic rings. The standard InChI is InChI=1S/C30H41N3O8/c1-22(35)41-32-20-29(38)33(30(32)39)26-11-8-10-23(17-26)9-4-7-16-40-15-6-3-2-5-14-31-19-28(37)24-12-13-27(36)25(18-24)21-34/h8,10-13,17-18,28,31,34,36-37H,2-7,9,14-16,19-21H2,1H3/t28-/m0/s1. The van der Waals surface area contributed by atoms with E-state index in [1.165, 1.54) is 13.0 Å². The van der Waals surface area contributed by atoms with Crippen molar-refractivity contribution < 1.29 is 39.3 Å². The number of hydrogen-bond donors (Lipinski definition) is 4. The molecular formula is C30H41N3O8. The maximum absolute atomic E-state index is 12.4. The molecular weight excluding hydrogens is 530 g/mol. The molecule has 1 atom stereocenters. The number of nitrogens with zero attached hydrogens (tertiary/aromatic N) is 2. The molecule has 0 aliphatic carbocycles. The normalized spacial score (nSPS) is 14.1. The first-order valence-corrected chi connectivity index (χ1v) is 14.1. The van der Waals surface area contributed by atoms with Crippen molar-refractivity contribution >= 4 is 23.6 Å². The van der Waals surface area contributed by atoms with Crippen molar-refractivity contribution in [2.75, 3.05) is 37.7 Å². The van der Waals surface area contributed by atoms with E-state index in [1.54, 1.807) is 24.3 Å². The summed E-state index contributed by atoms with van der Waals surface area (Å²) in [7, 11) is 0. The highest BCUT2D eigenvalue weighted by molar-refractivity contribution is 6.19. The molecule has 1 aliphatic heterocycles. The lowest BCUT2D eigenvalue weighted by Crippen LogP contribution is -2.34. The third-order valence-electron chi connectivity index (χ3n) is 6.73. The number of rotatable bonds is 18. The summed E-state index contributed by atoms with van der Waals surface area (Å²) in [6.07, 6.45) is 6.03. The van der Waals surface area contributed by atoms with E-state index in [9.17, 15) is 29.7 Å². The van der Waals surface area contributed by atoms with Crippen molar-refractivity contribution in [3.63, 3.8) is 0 Å². The molecule has 11 nitrogen and oxygen atoms in total. The van der Waals surface area contributed by atoms with Crippen LogP contribution in [0.5, 0.6) is 5.75 Å². The first-order valence-electron chi connectivity index (χ1n) is 14.1. The minimum Gasteiger partial charge on any atom is -0.508 e. The lowest BCUT2D eigenvalue weighted by molar-refractivity contribution is -0.171. The van der Waals surface area contributed by atoms with Crippen LogP contribution in [0, 0.1) is 0 Å². The van der Waals surface area contributed by atoms with Crippen molar-refractivity contribution in [3.8, 4) is 5.75 Å². The average molecular weight is 572 g/mol. The molecule has 1 saturated heterocycles. The van der Waals surface area contributed by atoms with E-state index < -0.39 is 24.0 Å². The molecule has 2 aromatic rings. The number of benzene rings is 2. The number of amides is 3. The summed E-state index contributed by atoms with van der Waals surface area (Å²) >= 11 is 0. The van der Waals surface area contributed by atoms with Gasteiger partial charge in [-0.15, -0.1) is 5.06 Å². The molecule has 0 bridgehead atoms. The summed E-state index contributed by atoms with van der Waals surface area (Å²) in [4.78, 5) is 41.7. The lowest BCUT2D eigenvalue weighted by Gasteiger charge is -2.16. The number of aliphatic hydroxyl groups is 2. The van der Waals surface area contributed by atoms with E-state index in [0.29, 0.717) is 36.6 Å². The zero-order valence-electron chi connectivity index (χ0n) is 23.6. The van der Waals surface area contributed by atoms with Gasteiger partial charge in [0, 0.05) is 32.2 Å². The minimum atomic E-state index is -0.698. The molecule has 0 saturated carbocycles. The number of anilines is 1. The Bertz CT molecular complexity index is 1160.